The number of nitrogens with one attached hydrogen (secondary N) is 2. The number of carboxylic acid groups (broad SMARTS) is 2. The van der Waals surface area contributed by atoms with Crippen LogP contribution in [0, 0.1) is 0 Å². The average molecular weight is 762 g/mol. The molecular formula is C25H19Cl2F6N7O8S. The molecule has 2 aromatic carbocycles. The van der Waals surface area contributed by atoms with Crippen molar-refractivity contribution in [1.29, 1.82) is 0 Å². The molecule has 264 valence electrons. The van der Waals surface area contributed by atoms with E-state index in [1.807, 2.05) is 0 Å². The number of carbonyl (C=O) groups excluding carboxylic acids is 1. The van der Waals surface area contributed by atoms with E-state index < -0.39 is 74.1 Å². The van der Waals surface area contributed by atoms with Crippen molar-refractivity contribution in [3.8, 4) is 6.01 Å². The fourth-order valence-corrected chi connectivity index (χ4v) is 5.42. The number of ether oxygens (including phenoxy) is 1. The Labute approximate surface area is 280 Å². The number of alkyl halides is 6. The van der Waals surface area contributed by atoms with Crippen molar-refractivity contribution in [2.75, 3.05) is 17.4 Å². The smallest absolute Gasteiger partial charge is 0.451 e. The minimum Gasteiger partial charge on any atom is -0.479 e. The van der Waals surface area contributed by atoms with Crippen molar-refractivity contribution >= 4 is 68.5 Å². The molecule has 15 nitrogen and oxygen atoms in total. The number of anilines is 2. The summed E-state index contributed by atoms with van der Waals surface area (Å²) in [5, 5.41) is 25.5. The van der Waals surface area contributed by atoms with Crippen molar-refractivity contribution in [2.45, 2.75) is 36.1 Å². The van der Waals surface area contributed by atoms with Gasteiger partial charge in [-0.3, -0.25) is 5.32 Å². The Morgan fingerprint density at radius 2 is 1.61 bits per heavy atom. The van der Waals surface area contributed by atoms with Crippen LogP contribution in [0.5, 0.6) is 6.01 Å². The van der Waals surface area contributed by atoms with Crippen LogP contribution >= 0.6 is 23.2 Å². The maximum Gasteiger partial charge on any atom is 0.451 e. The molecule has 3 aromatic rings. The van der Waals surface area contributed by atoms with E-state index in [9.17, 15) is 54.3 Å². The van der Waals surface area contributed by atoms with Crippen molar-refractivity contribution < 1.29 is 64.1 Å². The van der Waals surface area contributed by atoms with Crippen LogP contribution in [0.3, 0.4) is 0 Å². The van der Waals surface area contributed by atoms with E-state index in [2.05, 4.69) is 24.8 Å². The number of aliphatic carboxylic acids is 2. The number of nitrogens with zero attached hydrogens (tertiary/aromatic N) is 5. The minimum absolute atomic E-state index is 0.195. The molecule has 2 amide bonds. The topological polar surface area (TPSA) is 213 Å². The first-order valence-electron chi connectivity index (χ1n) is 12.7. The molecule has 4 rings (SSSR count). The summed E-state index contributed by atoms with van der Waals surface area (Å²) >= 11 is 11.8. The Kier molecular flexibility index (Phi) is 11.2. The Morgan fingerprint density at radius 3 is 2.14 bits per heavy atom. The van der Waals surface area contributed by atoms with Crippen molar-refractivity contribution in [1.82, 2.24) is 19.7 Å². The van der Waals surface area contributed by atoms with Gasteiger partial charge in [-0.1, -0.05) is 35.3 Å². The molecule has 2 heterocycles. The fraction of sp³-hybridized carbons (Fsp3) is 0.240. The summed E-state index contributed by atoms with van der Waals surface area (Å²) in [6, 6.07) is 4.86. The van der Waals surface area contributed by atoms with Gasteiger partial charge >= 0.3 is 36.3 Å². The highest BCUT2D eigenvalue weighted by Crippen LogP contribution is 2.38. The van der Waals surface area contributed by atoms with Gasteiger partial charge < -0.3 is 14.9 Å². The van der Waals surface area contributed by atoms with Crippen LogP contribution in [0.25, 0.3) is 0 Å². The Morgan fingerprint density at radius 1 is 0.980 bits per heavy atom. The van der Waals surface area contributed by atoms with E-state index in [1.165, 1.54) is 29.8 Å². The number of carboxylic acids is 2. The number of amides is 2. The SMILES string of the molecule is CC1(C(=O)O)CC(C(=O)O)=NN1c1ccc(Cl)cc1Cl.COc1nc(NC(=O)NS(=O)(=O)c2ccccc2C(F)(F)F)nc(C(F)(F)F)n1. The predicted molar refractivity (Wildman–Crippen MR) is 157 cm³/mol. The third-order valence-corrected chi connectivity index (χ3v) is 7.96. The standard InChI is InChI=1S/C13H9F6N5O4S.C12H10Cl2N2O4/c1-28-11-21-8(13(17,18)19)20-9(23-11)22-10(25)24-29(26,27)7-5-3-2-4-6(7)12(14,15)16;1-12(11(19)20)5-8(10(17)18)15-16(12)9-3-2-6(13)4-7(9)14/h2-5H,1H3,(H2,20,21,22,23,24,25);2-4H,5H2,1H3,(H,17,18)(H,19,20). The van der Waals surface area contributed by atoms with Gasteiger partial charge in [0.1, 0.15) is 5.71 Å². The summed E-state index contributed by atoms with van der Waals surface area (Å²) in [6.07, 6.45) is -10.3. The van der Waals surface area contributed by atoms with Crippen LogP contribution in [0.4, 0.5) is 42.8 Å². The quantitative estimate of drug-likeness (QED) is 0.236. The van der Waals surface area contributed by atoms with E-state index in [-0.39, 0.29) is 22.8 Å². The number of hydrogen-bond donors (Lipinski definition) is 4. The third kappa shape index (κ3) is 9.14. The molecule has 1 aliphatic rings. The summed E-state index contributed by atoms with van der Waals surface area (Å²) in [7, 11) is -4.14. The number of benzene rings is 2. The zero-order valence-corrected chi connectivity index (χ0v) is 26.6. The first-order chi connectivity index (χ1) is 22.5. The summed E-state index contributed by atoms with van der Waals surface area (Å²) in [4.78, 5) is 42.1. The maximum absolute atomic E-state index is 13.0. The maximum atomic E-state index is 13.0. The van der Waals surface area contributed by atoms with Crippen molar-refractivity contribution in [2.24, 2.45) is 5.10 Å². The Bertz CT molecular complexity index is 1930. The summed E-state index contributed by atoms with van der Waals surface area (Å²) in [5.74, 6) is -5.26. The number of halogens is 8. The van der Waals surface area contributed by atoms with Gasteiger partial charge in [-0.25, -0.2) is 32.5 Å². The van der Waals surface area contributed by atoms with Gasteiger partial charge in [0.2, 0.25) is 11.8 Å². The summed E-state index contributed by atoms with van der Waals surface area (Å²) in [5.41, 5.74) is -3.01. The molecule has 49 heavy (non-hydrogen) atoms. The van der Waals surface area contributed by atoms with Gasteiger partial charge in [-0.15, -0.1) is 0 Å². The van der Waals surface area contributed by atoms with E-state index in [4.69, 9.17) is 28.3 Å². The van der Waals surface area contributed by atoms with Gasteiger partial charge in [0.25, 0.3) is 10.0 Å². The lowest BCUT2D eigenvalue weighted by Crippen LogP contribution is -2.47. The normalized spacial score (nSPS) is 16.2. The Hall–Kier alpha value is -4.96. The van der Waals surface area contributed by atoms with Crippen LogP contribution in [0.2, 0.25) is 10.0 Å². The number of methoxy groups -OCH3 is 1. The van der Waals surface area contributed by atoms with E-state index in [0.717, 1.165) is 24.3 Å². The molecule has 0 saturated carbocycles. The van der Waals surface area contributed by atoms with Crippen LogP contribution in [0.1, 0.15) is 24.7 Å². The molecule has 0 radical (unpaired) electrons. The molecular weight excluding hydrogens is 743 g/mol. The lowest BCUT2D eigenvalue weighted by atomic mass is 9.95. The second-order valence-electron chi connectivity index (χ2n) is 9.54. The summed E-state index contributed by atoms with van der Waals surface area (Å²) in [6.45, 7) is 1.39. The molecule has 1 aromatic heterocycles. The molecule has 0 spiro atoms. The van der Waals surface area contributed by atoms with Crippen LogP contribution in [0.15, 0.2) is 52.5 Å². The number of hydrazone groups is 1. The monoisotopic (exact) mass is 761 g/mol. The number of hydrogen-bond acceptors (Lipinski definition) is 11. The molecule has 1 aliphatic heterocycles. The fourth-order valence-electron chi connectivity index (χ4n) is 3.79. The van der Waals surface area contributed by atoms with Gasteiger partial charge in [0, 0.05) is 11.4 Å². The first-order valence-corrected chi connectivity index (χ1v) is 14.9. The molecule has 1 atom stereocenters. The highest BCUT2D eigenvalue weighted by molar-refractivity contribution is 7.90. The zero-order chi connectivity index (χ0) is 37.1. The van der Waals surface area contributed by atoms with Crippen LogP contribution < -0.4 is 19.8 Å². The van der Waals surface area contributed by atoms with Gasteiger partial charge in [-0.2, -0.15) is 46.4 Å². The van der Waals surface area contributed by atoms with Gasteiger partial charge in [0.05, 0.1) is 28.3 Å². The second kappa shape index (κ2) is 14.3. The molecule has 1 unspecified atom stereocenters. The van der Waals surface area contributed by atoms with E-state index in [0.29, 0.717) is 17.2 Å². The van der Waals surface area contributed by atoms with E-state index in [1.54, 1.807) is 5.32 Å². The van der Waals surface area contributed by atoms with Gasteiger partial charge in [-0.05, 0) is 37.3 Å². The lowest BCUT2D eigenvalue weighted by Gasteiger charge is -2.30. The molecule has 0 bridgehead atoms. The van der Waals surface area contributed by atoms with Crippen LogP contribution in [-0.2, 0) is 32.0 Å². The molecule has 0 aliphatic carbocycles. The van der Waals surface area contributed by atoms with E-state index >= 15 is 0 Å². The average Bonchev–Trinajstić information content (AvgIpc) is 3.35. The molecule has 0 saturated heterocycles. The predicted octanol–water partition coefficient (Wildman–Crippen LogP) is 4.92. The zero-order valence-electron chi connectivity index (χ0n) is 24.3. The van der Waals surface area contributed by atoms with Gasteiger partial charge in [0.15, 0.2) is 5.54 Å². The minimum atomic E-state index is -5.05. The highest BCUT2D eigenvalue weighted by Gasteiger charge is 2.48. The summed E-state index contributed by atoms with van der Waals surface area (Å²) < 4.78 is 107. The first kappa shape index (κ1) is 38.5. The molecule has 4 N–H and O–H groups in total. The molecule has 24 heteroatoms. The lowest BCUT2D eigenvalue weighted by molar-refractivity contribution is -0.145. The molecule has 0 fully saturated rings. The van der Waals surface area contributed by atoms with Crippen molar-refractivity contribution in [3.63, 3.8) is 0 Å². The number of carbonyl (C=O) groups is 3. The Balaban J connectivity index is 0.000000284. The number of urea groups is 1. The van der Waals surface area contributed by atoms with Crippen LogP contribution in [-0.4, -0.2) is 69.9 Å². The number of aromatic nitrogens is 3. The number of sulfonamides is 1. The second-order valence-corrected chi connectivity index (χ2v) is 12.0. The third-order valence-electron chi connectivity index (χ3n) is 6.03. The number of rotatable bonds is 7. The highest BCUT2D eigenvalue weighted by atomic mass is 35.5. The largest absolute Gasteiger partial charge is 0.479 e. The van der Waals surface area contributed by atoms with Crippen molar-refractivity contribution in [3.05, 3.63) is 63.9 Å².